The van der Waals surface area contributed by atoms with Crippen molar-refractivity contribution >= 4 is 15.9 Å². The molecular weight excluding hydrogens is 285 g/mol. The van der Waals surface area contributed by atoms with Gasteiger partial charge < -0.3 is 5.11 Å². The molecule has 16 heavy (non-hydrogen) atoms. The lowest BCUT2D eigenvalue weighted by molar-refractivity contribution is -0.138. The first kappa shape index (κ1) is 13.4. The molecule has 0 aliphatic heterocycles. The van der Waals surface area contributed by atoms with Gasteiger partial charge in [-0.05, 0) is 23.1 Å². The van der Waals surface area contributed by atoms with Crippen molar-refractivity contribution in [3.8, 4) is 5.75 Å². The van der Waals surface area contributed by atoms with Crippen molar-refractivity contribution in [2.24, 2.45) is 0 Å². The quantitative estimate of drug-likeness (QED) is 0.749. The smallest absolute Gasteiger partial charge is 0.419 e. The molecule has 0 heterocycles. The van der Waals surface area contributed by atoms with Crippen molar-refractivity contribution in [3.63, 3.8) is 0 Å². The Kier molecular flexibility index (Phi) is 3.29. The normalized spacial score (nSPS) is 12.9. The zero-order valence-corrected chi connectivity index (χ0v) is 10.7. The molecule has 0 saturated carbocycles. The predicted molar refractivity (Wildman–Crippen MR) is 59.5 cm³/mol. The van der Waals surface area contributed by atoms with E-state index in [9.17, 15) is 18.3 Å². The molecule has 0 aromatic heterocycles. The Balaban J connectivity index is 3.45. The first-order valence-corrected chi connectivity index (χ1v) is 5.43. The fourth-order valence-electron chi connectivity index (χ4n) is 1.36. The number of phenolic OH excluding ortho intramolecular Hbond substituents is 1. The Morgan fingerprint density at radius 2 is 1.56 bits per heavy atom. The van der Waals surface area contributed by atoms with Gasteiger partial charge in [-0.25, -0.2) is 0 Å². The van der Waals surface area contributed by atoms with Crippen molar-refractivity contribution in [1.29, 1.82) is 0 Å². The maximum Gasteiger partial charge on any atom is 0.419 e. The minimum absolute atomic E-state index is 0.424. The molecule has 1 nitrogen and oxygen atoms in total. The molecule has 0 unspecified atom stereocenters. The number of halogens is 4. The fourth-order valence-corrected chi connectivity index (χ4v) is 2.29. The monoisotopic (exact) mass is 296 g/mol. The number of hydrogen-bond acceptors (Lipinski definition) is 1. The highest BCUT2D eigenvalue weighted by atomic mass is 79.9. The van der Waals surface area contributed by atoms with Gasteiger partial charge >= 0.3 is 6.18 Å². The summed E-state index contributed by atoms with van der Waals surface area (Å²) < 4.78 is 38.2. The highest BCUT2D eigenvalue weighted by Crippen LogP contribution is 2.41. The van der Waals surface area contributed by atoms with Gasteiger partial charge in [-0.3, -0.25) is 0 Å². The SMILES string of the molecule is CC(C)(C)c1cc(C(F)(F)F)c(O)cc1Br. The zero-order chi connectivity index (χ0) is 12.7. The summed E-state index contributed by atoms with van der Waals surface area (Å²) in [6.45, 7) is 5.43. The minimum atomic E-state index is -4.54. The molecule has 0 radical (unpaired) electrons. The first-order valence-electron chi connectivity index (χ1n) is 4.63. The number of benzene rings is 1. The van der Waals surface area contributed by atoms with Crippen LogP contribution in [0.1, 0.15) is 31.9 Å². The van der Waals surface area contributed by atoms with Crippen LogP contribution in [0, 0.1) is 0 Å². The molecule has 0 spiro atoms. The van der Waals surface area contributed by atoms with Gasteiger partial charge in [-0.1, -0.05) is 36.7 Å². The second-order valence-corrected chi connectivity index (χ2v) is 5.45. The van der Waals surface area contributed by atoms with E-state index in [1.54, 1.807) is 0 Å². The minimum Gasteiger partial charge on any atom is -0.507 e. The highest BCUT2D eigenvalue weighted by Gasteiger charge is 2.35. The topological polar surface area (TPSA) is 20.2 Å². The van der Waals surface area contributed by atoms with Crippen LogP contribution in [0.2, 0.25) is 0 Å². The van der Waals surface area contributed by atoms with Gasteiger partial charge in [0.05, 0.1) is 5.56 Å². The molecule has 5 heteroatoms. The summed E-state index contributed by atoms with van der Waals surface area (Å²) in [5, 5.41) is 9.27. The molecule has 1 rings (SSSR count). The number of rotatable bonds is 0. The first-order chi connectivity index (χ1) is 7.03. The third-order valence-electron chi connectivity index (χ3n) is 2.20. The van der Waals surface area contributed by atoms with Crippen molar-refractivity contribution in [2.75, 3.05) is 0 Å². The fraction of sp³-hybridized carbons (Fsp3) is 0.455. The molecule has 0 amide bonds. The van der Waals surface area contributed by atoms with Crippen molar-refractivity contribution in [3.05, 3.63) is 27.7 Å². The molecule has 0 fully saturated rings. The van der Waals surface area contributed by atoms with Crippen LogP contribution in [-0.2, 0) is 11.6 Å². The summed E-state index contributed by atoms with van der Waals surface area (Å²) in [5.74, 6) is -0.757. The van der Waals surface area contributed by atoms with Crippen molar-refractivity contribution < 1.29 is 18.3 Å². The lowest BCUT2D eigenvalue weighted by Crippen LogP contribution is -2.15. The maximum atomic E-state index is 12.6. The van der Waals surface area contributed by atoms with Crippen LogP contribution in [-0.4, -0.2) is 5.11 Å². The van der Waals surface area contributed by atoms with E-state index in [4.69, 9.17) is 0 Å². The van der Waals surface area contributed by atoms with Gasteiger partial charge in [0.2, 0.25) is 0 Å². The van der Waals surface area contributed by atoms with E-state index in [1.807, 2.05) is 20.8 Å². The van der Waals surface area contributed by atoms with Gasteiger partial charge in [-0.15, -0.1) is 0 Å². The van der Waals surface area contributed by atoms with Gasteiger partial charge in [-0.2, -0.15) is 13.2 Å². The molecule has 1 N–H and O–H groups in total. The Hall–Kier alpha value is -0.710. The lowest BCUT2D eigenvalue weighted by atomic mass is 9.86. The Labute approximate surface area is 100 Å². The van der Waals surface area contributed by atoms with E-state index in [1.165, 1.54) is 0 Å². The molecule has 0 saturated heterocycles. The highest BCUT2D eigenvalue weighted by molar-refractivity contribution is 9.10. The molecule has 1 aromatic carbocycles. The summed E-state index contributed by atoms with van der Waals surface area (Å²) in [4.78, 5) is 0. The van der Waals surface area contributed by atoms with E-state index >= 15 is 0 Å². The van der Waals surface area contributed by atoms with Crippen LogP contribution in [0.15, 0.2) is 16.6 Å². The van der Waals surface area contributed by atoms with Crippen molar-refractivity contribution in [2.45, 2.75) is 32.4 Å². The molecule has 0 aliphatic carbocycles. The summed E-state index contributed by atoms with van der Waals surface area (Å²) in [7, 11) is 0. The summed E-state index contributed by atoms with van der Waals surface area (Å²) in [6.07, 6.45) is -4.54. The largest absolute Gasteiger partial charge is 0.507 e. The second kappa shape index (κ2) is 3.95. The van der Waals surface area contributed by atoms with Gasteiger partial charge in [0.25, 0.3) is 0 Å². The third-order valence-corrected chi connectivity index (χ3v) is 2.85. The summed E-state index contributed by atoms with van der Waals surface area (Å²) >= 11 is 3.16. The van der Waals surface area contributed by atoms with Crippen LogP contribution >= 0.6 is 15.9 Å². The van der Waals surface area contributed by atoms with Crippen LogP contribution in [0.25, 0.3) is 0 Å². The maximum absolute atomic E-state index is 12.6. The number of aromatic hydroxyl groups is 1. The van der Waals surface area contributed by atoms with Crippen LogP contribution in [0.5, 0.6) is 5.75 Å². The van der Waals surface area contributed by atoms with E-state index < -0.39 is 22.9 Å². The zero-order valence-electron chi connectivity index (χ0n) is 9.11. The van der Waals surface area contributed by atoms with E-state index in [0.717, 1.165) is 12.1 Å². The van der Waals surface area contributed by atoms with E-state index in [-0.39, 0.29) is 0 Å². The van der Waals surface area contributed by atoms with Crippen LogP contribution < -0.4 is 0 Å². The number of phenols is 1. The van der Waals surface area contributed by atoms with E-state index in [0.29, 0.717) is 10.0 Å². The molecule has 0 bridgehead atoms. The van der Waals surface area contributed by atoms with Gasteiger partial charge in [0.15, 0.2) is 0 Å². The number of hydrogen-bond donors (Lipinski definition) is 1. The van der Waals surface area contributed by atoms with E-state index in [2.05, 4.69) is 15.9 Å². The van der Waals surface area contributed by atoms with Gasteiger partial charge in [0.1, 0.15) is 5.75 Å². The van der Waals surface area contributed by atoms with Crippen LogP contribution in [0.4, 0.5) is 13.2 Å². The van der Waals surface area contributed by atoms with Crippen LogP contribution in [0.3, 0.4) is 0 Å². The number of alkyl halides is 3. The summed E-state index contributed by atoms with van der Waals surface area (Å²) in [5.41, 5.74) is -0.912. The Morgan fingerprint density at radius 3 is 1.94 bits per heavy atom. The molecule has 90 valence electrons. The van der Waals surface area contributed by atoms with Gasteiger partial charge in [0, 0.05) is 4.47 Å². The Morgan fingerprint density at radius 1 is 1.06 bits per heavy atom. The predicted octanol–water partition coefficient (Wildman–Crippen LogP) is 4.47. The molecular formula is C11H12BrF3O. The molecule has 1 aromatic rings. The average molecular weight is 297 g/mol. The second-order valence-electron chi connectivity index (χ2n) is 4.60. The van der Waals surface area contributed by atoms with Crippen molar-refractivity contribution in [1.82, 2.24) is 0 Å². The lowest BCUT2D eigenvalue weighted by Gasteiger charge is -2.22. The molecule has 0 aliphatic rings. The standard InChI is InChI=1S/C11H12BrF3O/c1-10(2,3)6-4-7(11(13,14)15)9(16)5-8(6)12/h4-5,16H,1-3H3. The summed E-state index contributed by atoms with van der Waals surface area (Å²) in [6, 6.07) is 2.07. The molecule has 0 atom stereocenters. The Bertz CT molecular complexity index is 370. The third kappa shape index (κ3) is 2.70. The average Bonchev–Trinajstić information content (AvgIpc) is 1.97.